The molecule has 1 fully saturated rings. The first kappa shape index (κ1) is 12.4. The van der Waals surface area contributed by atoms with Crippen LogP contribution in [0.25, 0.3) is 0 Å². The van der Waals surface area contributed by atoms with Crippen LogP contribution >= 0.6 is 0 Å². The van der Waals surface area contributed by atoms with Crippen molar-refractivity contribution in [3.05, 3.63) is 35.9 Å². The van der Waals surface area contributed by atoms with Gasteiger partial charge in [-0.15, -0.1) is 5.32 Å². The minimum atomic E-state index is -0.823. The van der Waals surface area contributed by atoms with Gasteiger partial charge in [-0.25, -0.2) is 9.59 Å². The molecular formula is C13H15N2O3. The molecule has 0 aromatic heterocycles. The van der Waals surface area contributed by atoms with Crippen LogP contribution in [-0.4, -0.2) is 30.1 Å². The average molecular weight is 247 g/mol. The Labute approximate surface area is 106 Å². The lowest BCUT2D eigenvalue weighted by Gasteiger charge is -2.13. The van der Waals surface area contributed by atoms with Gasteiger partial charge in [-0.1, -0.05) is 30.3 Å². The molecule has 3 amide bonds. The van der Waals surface area contributed by atoms with Gasteiger partial charge in [0.05, 0.1) is 0 Å². The number of rotatable bonds is 2. The highest BCUT2D eigenvalue weighted by Crippen LogP contribution is 2.07. The molecule has 1 aliphatic rings. The van der Waals surface area contributed by atoms with Crippen LogP contribution in [0.2, 0.25) is 0 Å². The topological polar surface area (TPSA) is 60.7 Å². The molecule has 1 aliphatic heterocycles. The maximum Gasteiger partial charge on any atom is 0.438 e. The summed E-state index contributed by atoms with van der Waals surface area (Å²) >= 11 is 0. The molecule has 5 nitrogen and oxygen atoms in total. The minimum absolute atomic E-state index is 0.135. The molecule has 1 radical (unpaired) electrons. The summed E-state index contributed by atoms with van der Waals surface area (Å²) < 4.78 is 4.91. The Morgan fingerprint density at radius 1 is 1.17 bits per heavy atom. The number of amides is 3. The van der Waals surface area contributed by atoms with Gasteiger partial charge in [0.1, 0.15) is 6.61 Å². The summed E-state index contributed by atoms with van der Waals surface area (Å²) in [5.74, 6) is 0. The van der Waals surface area contributed by atoms with Gasteiger partial charge in [-0.3, -0.25) is 0 Å². The van der Waals surface area contributed by atoms with Gasteiger partial charge in [0.15, 0.2) is 0 Å². The Morgan fingerprint density at radius 3 is 2.50 bits per heavy atom. The lowest BCUT2D eigenvalue weighted by atomic mass is 10.2. The molecule has 18 heavy (non-hydrogen) atoms. The summed E-state index contributed by atoms with van der Waals surface area (Å²) in [4.78, 5) is 24.4. The Balaban J connectivity index is 1.73. The van der Waals surface area contributed by atoms with E-state index in [4.69, 9.17) is 4.74 Å². The molecule has 1 saturated heterocycles. The summed E-state index contributed by atoms with van der Waals surface area (Å²) in [5, 5.41) is 3.40. The second-order valence-electron chi connectivity index (χ2n) is 4.13. The number of hydrogen-bond donors (Lipinski definition) is 0. The standard InChI is InChI=1S/C13H15N2O3/c16-12(15-8-4-5-9-15)14-13(17)18-10-11-6-2-1-3-7-11/h1-3,6-7H,4-5,8-10H2. The number of benzene rings is 1. The molecule has 1 aromatic carbocycles. The van der Waals surface area contributed by atoms with Gasteiger partial charge in [0.25, 0.3) is 0 Å². The highest BCUT2D eigenvalue weighted by atomic mass is 16.5. The molecule has 0 unspecified atom stereocenters. The van der Waals surface area contributed by atoms with Crippen LogP contribution in [0.4, 0.5) is 9.59 Å². The molecule has 0 bridgehead atoms. The summed E-state index contributed by atoms with van der Waals surface area (Å²) in [7, 11) is 0. The molecule has 2 rings (SSSR count). The second-order valence-corrected chi connectivity index (χ2v) is 4.13. The van der Waals surface area contributed by atoms with Crippen LogP contribution in [0.5, 0.6) is 0 Å². The molecule has 0 N–H and O–H groups in total. The molecule has 5 heteroatoms. The maximum atomic E-state index is 11.5. The van der Waals surface area contributed by atoms with Crippen molar-refractivity contribution in [1.82, 2.24) is 10.2 Å². The predicted octanol–water partition coefficient (Wildman–Crippen LogP) is 2.14. The smallest absolute Gasteiger partial charge is 0.438 e. The molecule has 1 heterocycles. The number of ether oxygens (including phenoxy) is 1. The molecule has 0 saturated carbocycles. The molecule has 1 aromatic rings. The molecular weight excluding hydrogens is 232 g/mol. The van der Waals surface area contributed by atoms with Gasteiger partial charge in [0.2, 0.25) is 0 Å². The molecule has 95 valence electrons. The number of nitrogens with zero attached hydrogens (tertiary/aromatic N) is 2. The molecule has 0 spiro atoms. The van der Waals surface area contributed by atoms with E-state index in [0.29, 0.717) is 13.1 Å². The number of likely N-dealkylation sites (tertiary alicyclic amines) is 1. The fourth-order valence-corrected chi connectivity index (χ4v) is 1.81. The first-order valence-corrected chi connectivity index (χ1v) is 5.97. The van der Waals surface area contributed by atoms with E-state index in [0.717, 1.165) is 18.4 Å². The van der Waals surface area contributed by atoms with Gasteiger partial charge in [-0.2, -0.15) is 0 Å². The van der Waals surface area contributed by atoms with Crippen LogP contribution in [0, 0.1) is 0 Å². The Kier molecular flexibility index (Phi) is 4.17. The van der Waals surface area contributed by atoms with Crippen molar-refractivity contribution in [2.45, 2.75) is 19.4 Å². The van der Waals surface area contributed by atoms with Crippen LogP contribution in [0.3, 0.4) is 0 Å². The fraction of sp³-hybridized carbons (Fsp3) is 0.385. The minimum Gasteiger partial charge on any atom is -0.443 e. The van der Waals surface area contributed by atoms with E-state index in [-0.39, 0.29) is 6.61 Å². The van der Waals surface area contributed by atoms with Crippen molar-refractivity contribution in [2.24, 2.45) is 0 Å². The number of carbonyl (C=O) groups excluding carboxylic acids is 2. The van der Waals surface area contributed by atoms with E-state index in [1.807, 2.05) is 30.3 Å². The average Bonchev–Trinajstić information content (AvgIpc) is 2.91. The number of imide groups is 1. The van der Waals surface area contributed by atoms with E-state index < -0.39 is 12.1 Å². The third-order valence-corrected chi connectivity index (χ3v) is 2.77. The largest absolute Gasteiger partial charge is 0.443 e. The van der Waals surface area contributed by atoms with Crippen LogP contribution in [0.15, 0.2) is 30.3 Å². The van der Waals surface area contributed by atoms with Crippen molar-refractivity contribution in [3.8, 4) is 0 Å². The van der Waals surface area contributed by atoms with Crippen LogP contribution in [-0.2, 0) is 11.3 Å². The van der Waals surface area contributed by atoms with Gasteiger partial charge < -0.3 is 9.64 Å². The van der Waals surface area contributed by atoms with Crippen molar-refractivity contribution >= 4 is 12.1 Å². The second kappa shape index (κ2) is 6.05. The van der Waals surface area contributed by atoms with E-state index in [1.54, 1.807) is 4.90 Å². The number of carbonyl (C=O) groups is 2. The Bertz CT molecular complexity index is 414. The highest BCUT2D eigenvalue weighted by Gasteiger charge is 2.22. The van der Waals surface area contributed by atoms with Crippen LogP contribution < -0.4 is 5.32 Å². The zero-order chi connectivity index (χ0) is 12.8. The third-order valence-electron chi connectivity index (χ3n) is 2.77. The zero-order valence-electron chi connectivity index (χ0n) is 10.0. The SMILES string of the molecule is O=C([N]C(=O)N1CCCC1)OCc1ccccc1. The first-order valence-electron chi connectivity index (χ1n) is 5.97. The zero-order valence-corrected chi connectivity index (χ0v) is 10.0. The molecule has 0 atom stereocenters. The summed E-state index contributed by atoms with van der Waals surface area (Å²) in [6.45, 7) is 1.49. The fourth-order valence-electron chi connectivity index (χ4n) is 1.81. The maximum absolute atomic E-state index is 11.5. The third kappa shape index (κ3) is 3.48. The molecule has 0 aliphatic carbocycles. The van der Waals surface area contributed by atoms with Gasteiger partial charge in [0, 0.05) is 13.1 Å². The lowest BCUT2D eigenvalue weighted by molar-refractivity contribution is 0.136. The summed E-state index contributed by atoms with van der Waals surface area (Å²) in [5.41, 5.74) is 0.870. The first-order chi connectivity index (χ1) is 8.75. The van der Waals surface area contributed by atoms with Crippen molar-refractivity contribution < 1.29 is 14.3 Å². The summed E-state index contributed by atoms with van der Waals surface area (Å²) in [6.07, 6.45) is 1.12. The normalized spacial score (nSPS) is 14.3. The Morgan fingerprint density at radius 2 is 1.83 bits per heavy atom. The number of urea groups is 1. The highest BCUT2D eigenvalue weighted by molar-refractivity contribution is 5.90. The van der Waals surface area contributed by atoms with Crippen molar-refractivity contribution in [2.75, 3.05) is 13.1 Å². The monoisotopic (exact) mass is 247 g/mol. The van der Waals surface area contributed by atoms with E-state index >= 15 is 0 Å². The van der Waals surface area contributed by atoms with Crippen LogP contribution in [0.1, 0.15) is 18.4 Å². The van der Waals surface area contributed by atoms with Crippen molar-refractivity contribution in [1.29, 1.82) is 0 Å². The van der Waals surface area contributed by atoms with Gasteiger partial charge in [-0.05, 0) is 18.4 Å². The quantitative estimate of drug-likeness (QED) is 0.804. The van der Waals surface area contributed by atoms with E-state index in [2.05, 4.69) is 5.32 Å². The predicted molar refractivity (Wildman–Crippen MR) is 65.0 cm³/mol. The van der Waals surface area contributed by atoms with E-state index in [9.17, 15) is 9.59 Å². The van der Waals surface area contributed by atoms with E-state index in [1.165, 1.54) is 0 Å². The number of hydrogen-bond acceptors (Lipinski definition) is 3. The summed E-state index contributed by atoms with van der Waals surface area (Å²) in [6, 6.07) is 8.79. The van der Waals surface area contributed by atoms with Crippen molar-refractivity contribution in [3.63, 3.8) is 0 Å². The Hall–Kier alpha value is -2.04. The van der Waals surface area contributed by atoms with Gasteiger partial charge >= 0.3 is 12.1 Å². The lowest BCUT2D eigenvalue weighted by Crippen LogP contribution is -2.36.